The number of carbonyl (C=O) groups is 2. The Morgan fingerprint density at radius 3 is 2.07 bits per heavy atom. The molecular formula is C18H22F3NO6. The van der Waals surface area contributed by atoms with Gasteiger partial charge in [0, 0.05) is 11.3 Å². The van der Waals surface area contributed by atoms with Gasteiger partial charge in [-0.1, -0.05) is 12.1 Å². The van der Waals surface area contributed by atoms with Crippen molar-refractivity contribution < 1.29 is 37.2 Å². The fraction of sp³-hybridized carbons (Fsp3) is 0.556. The number of ether oxygens (including phenoxy) is 2. The third kappa shape index (κ3) is 7.16. The second kappa shape index (κ2) is 10.6. The Labute approximate surface area is 160 Å². The van der Waals surface area contributed by atoms with Crippen LogP contribution in [0.3, 0.4) is 0 Å². The van der Waals surface area contributed by atoms with Gasteiger partial charge in [0.25, 0.3) is 0 Å². The highest BCUT2D eigenvalue weighted by molar-refractivity contribution is 5.71. The van der Waals surface area contributed by atoms with Crippen molar-refractivity contribution in [2.45, 2.75) is 51.2 Å². The molecule has 0 aliphatic rings. The van der Waals surface area contributed by atoms with Crippen LogP contribution >= 0.6 is 0 Å². The van der Waals surface area contributed by atoms with Gasteiger partial charge in [0.15, 0.2) is 0 Å². The summed E-state index contributed by atoms with van der Waals surface area (Å²) in [5.41, 5.74) is -0.720. The van der Waals surface area contributed by atoms with Crippen LogP contribution in [0.5, 0.6) is 0 Å². The molecule has 2 atom stereocenters. The summed E-state index contributed by atoms with van der Waals surface area (Å²) in [6.07, 6.45) is -5.42. The lowest BCUT2D eigenvalue weighted by Crippen LogP contribution is -2.31. The van der Waals surface area contributed by atoms with Gasteiger partial charge in [-0.05, 0) is 31.5 Å². The Hall–Kier alpha value is -2.65. The van der Waals surface area contributed by atoms with Crippen LogP contribution in [0.4, 0.5) is 13.2 Å². The molecule has 28 heavy (non-hydrogen) atoms. The minimum Gasteiger partial charge on any atom is -0.466 e. The van der Waals surface area contributed by atoms with Crippen molar-refractivity contribution >= 4 is 11.9 Å². The van der Waals surface area contributed by atoms with E-state index in [0.717, 1.165) is 24.3 Å². The molecule has 1 rings (SSSR count). The average molecular weight is 405 g/mol. The molecule has 0 saturated heterocycles. The minimum absolute atomic E-state index is 0.0600. The van der Waals surface area contributed by atoms with E-state index in [2.05, 4.69) is 0 Å². The van der Waals surface area contributed by atoms with Crippen LogP contribution in [0.15, 0.2) is 24.3 Å². The van der Waals surface area contributed by atoms with Crippen LogP contribution in [-0.4, -0.2) is 36.1 Å². The summed E-state index contributed by atoms with van der Waals surface area (Å²) in [4.78, 5) is 34.4. The highest BCUT2D eigenvalue weighted by Crippen LogP contribution is 2.33. The van der Waals surface area contributed by atoms with Crippen molar-refractivity contribution in [3.8, 4) is 0 Å². The smallest absolute Gasteiger partial charge is 0.416 e. The molecule has 0 heterocycles. The highest BCUT2D eigenvalue weighted by atomic mass is 19.4. The van der Waals surface area contributed by atoms with E-state index in [-0.39, 0.29) is 31.6 Å². The normalized spacial score (nSPS) is 13.5. The fourth-order valence-corrected chi connectivity index (χ4v) is 2.75. The molecule has 7 nitrogen and oxygen atoms in total. The summed E-state index contributed by atoms with van der Waals surface area (Å²) in [7, 11) is 0. The van der Waals surface area contributed by atoms with Gasteiger partial charge >= 0.3 is 18.1 Å². The molecule has 0 spiro atoms. The minimum atomic E-state index is -4.55. The maximum absolute atomic E-state index is 12.8. The lowest BCUT2D eigenvalue weighted by Gasteiger charge is -2.21. The molecule has 1 aromatic carbocycles. The van der Waals surface area contributed by atoms with Gasteiger partial charge in [-0.2, -0.15) is 13.2 Å². The number of carbonyl (C=O) groups excluding carboxylic acids is 2. The molecule has 0 aliphatic heterocycles. The van der Waals surface area contributed by atoms with E-state index in [1.54, 1.807) is 13.8 Å². The van der Waals surface area contributed by atoms with Crippen molar-refractivity contribution in [3.63, 3.8) is 0 Å². The van der Waals surface area contributed by atoms with Gasteiger partial charge in [-0.15, -0.1) is 0 Å². The number of alkyl halides is 3. The van der Waals surface area contributed by atoms with Crippen LogP contribution in [0.2, 0.25) is 0 Å². The van der Waals surface area contributed by atoms with Crippen molar-refractivity contribution in [1.82, 2.24) is 0 Å². The first-order valence-corrected chi connectivity index (χ1v) is 8.72. The zero-order chi connectivity index (χ0) is 21.3. The maximum atomic E-state index is 12.8. The molecule has 0 amide bonds. The predicted molar refractivity (Wildman–Crippen MR) is 92.1 cm³/mol. The number of nitro groups is 1. The Morgan fingerprint density at radius 2 is 1.61 bits per heavy atom. The van der Waals surface area contributed by atoms with Gasteiger partial charge in [-0.25, -0.2) is 0 Å². The van der Waals surface area contributed by atoms with Gasteiger partial charge in [0.05, 0.1) is 37.5 Å². The Morgan fingerprint density at radius 1 is 1.07 bits per heavy atom. The summed E-state index contributed by atoms with van der Waals surface area (Å²) in [6.45, 7) is 3.34. The zero-order valence-corrected chi connectivity index (χ0v) is 15.5. The molecule has 2 unspecified atom stereocenters. The second-order valence-electron chi connectivity index (χ2n) is 5.93. The first-order chi connectivity index (χ1) is 13.1. The number of benzene rings is 1. The Balaban J connectivity index is 3.15. The third-order valence-electron chi connectivity index (χ3n) is 4.04. The molecule has 0 aliphatic carbocycles. The van der Waals surface area contributed by atoms with E-state index in [0.29, 0.717) is 0 Å². The van der Waals surface area contributed by atoms with Gasteiger partial charge in [0.1, 0.15) is 0 Å². The summed E-state index contributed by atoms with van der Waals surface area (Å²) in [5.74, 6) is -2.39. The van der Waals surface area contributed by atoms with Crippen molar-refractivity contribution in [1.29, 1.82) is 0 Å². The molecule has 0 fully saturated rings. The van der Waals surface area contributed by atoms with Crippen LogP contribution in [0.1, 0.15) is 50.2 Å². The van der Waals surface area contributed by atoms with E-state index in [1.165, 1.54) is 0 Å². The topological polar surface area (TPSA) is 95.7 Å². The molecular weight excluding hydrogens is 383 g/mol. The molecule has 0 bridgehead atoms. The van der Waals surface area contributed by atoms with Gasteiger partial charge in [-0.3, -0.25) is 19.7 Å². The molecule has 1 aromatic rings. The van der Waals surface area contributed by atoms with E-state index in [9.17, 15) is 32.9 Å². The van der Waals surface area contributed by atoms with Crippen molar-refractivity contribution in [3.05, 3.63) is 45.5 Å². The monoisotopic (exact) mass is 405 g/mol. The first-order valence-electron chi connectivity index (χ1n) is 8.72. The number of esters is 2. The predicted octanol–water partition coefficient (Wildman–Crippen LogP) is 3.73. The lowest BCUT2D eigenvalue weighted by molar-refractivity contribution is -0.527. The summed E-state index contributed by atoms with van der Waals surface area (Å²) in [6, 6.07) is 2.44. The lowest BCUT2D eigenvalue weighted by atomic mass is 9.86. The summed E-state index contributed by atoms with van der Waals surface area (Å²) in [5, 5.41) is 11.6. The zero-order valence-electron chi connectivity index (χ0n) is 15.5. The number of rotatable bonds is 10. The van der Waals surface area contributed by atoms with Crippen molar-refractivity contribution in [2.24, 2.45) is 0 Å². The molecule has 0 saturated carbocycles. The molecule has 0 aromatic heterocycles. The molecule has 10 heteroatoms. The van der Waals surface area contributed by atoms with E-state index in [4.69, 9.17) is 9.47 Å². The number of hydrogen-bond acceptors (Lipinski definition) is 6. The van der Waals surface area contributed by atoms with Crippen LogP contribution in [-0.2, 0) is 25.2 Å². The highest BCUT2D eigenvalue weighted by Gasteiger charge is 2.36. The Bertz CT molecular complexity index is 675. The third-order valence-corrected chi connectivity index (χ3v) is 4.04. The van der Waals surface area contributed by atoms with E-state index < -0.39 is 47.0 Å². The average Bonchev–Trinajstić information content (AvgIpc) is 2.60. The number of halogens is 3. The molecule has 156 valence electrons. The summed E-state index contributed by atoms with van der Waals surface area (Å²) < 4.78 is 47.9. The standard InChI is InChI=1S/C18H22F3NO6/c1-3-27-16(23)10-9-15(22(25)26)14(11-17(24)28-4-2)12-5-7-13(8-6-12)18(19,20)21/h5-8,14-15H,3-4,9-11H2,1-2H3. The maximum Gasteiger partial charge on any atom is 0.416 e. The van der Waals surface area contributed by atoms with Crippen LogP contribution in [0.25, 0.3) is 0 Å². The van der Waals surface area contributed by atoms with E-state index >= 15 is 0 Å². The molecule has 0 N–H and O–H groups in total. The fourth-order valence-electron chi connectivity index (χ4n) is 2.75. The van der Waals surface area contributed by atoms with Crippen LogP contribution in [0, 0.1) is 10.1 Å². The number of hydrogen-bond donors (Lipinski definition) is 0. The SMILES string of the molecule is CCOC(=O)CCC(C(CC(=O)OCC)c1ccc(C(F)(F)F)cc1)[N+](=O)[O-]. The molecule has 0 radical (unpaired) electrons. The Kier molecular flexibility index (Phi) is 8.87. The quantitative estimate of drug-likeness (QED) is 0.334. The second-order valence-corrected chi connectivity index (χ2v) is 5.93. The number of nitrogens with zero attached hydrogens (tertiary/aromatic N) is 1. The van der Waals surface area contributed by atoms with Gasteiger partial charge in [0.2, 0.25) is 6.04 Å². The first kappa shape index (κ1) is 23.4. The summed E-state index contributed by atoms with van der Waals surface area (Å²) >= 11 is 0. The van der Waals surface area contributed by atoms with Gasteiger partial charge < -0.3 is 9.47 Å². The van der Waals surface area contributed by atoms with Crippen molar-refractivity contribution in [2.75, 3.05) is 13.2 Å². The van der Waals surface area contributed by atoms with E-state index in [1.807, 2.05) is 0 Å². The van der Waals surface area contributed by atoms with Crippen LogP contribution < -0.4 is 0 Å². The largest absolute Gasteiger partial charge is 0.466 e.